The Morgan fingerprint density at radius 3 is 2.85 bits per heavy atom. The normalized spacial score (nSPS) is 25.4. The highest BCUT2D eigenvalue weighted by atomic mass is 79.9. The average molecular weight is 343 g/mol. The second kappa shape index (κ2) is 5.41. The zero-order valence-electron chi connectivity index (χ0n) is 10.9. The van der Waals surface area contributed by atoms with Crippen LogP contribution in [0.15, 0.2) is 22.7 Å². The van der Waals surface area contributed by atoms with Crippen LogP contribution in [0.25, 0.3) is 0 Å². The van der Waals surface area contributed by atoms with Crippen molar-refractivity contribution in [1.82, 2.24) is 5.32 Å². The molecular formula is C13H15BrN2O4. The molecule has 1 saturated heterocycles. The van der Waals surface area contributed by atoms with Crippen molar-refractivity contribution in [2.45, 2.75) is 13.0 Å². The first-order valence-electron chi connectivity index (χ1n) is 6.01. The lowest BCUT2D eigenvalue weighted by Crippen LogP contribution is -2.49. The molecule has 1 aromatic carbocycles. The van der Waals surface area contributed by atoms with E-state index in [1.807, 2.05) is 0 Å². The standard InChI is InChI=1S/C13H15BrN2O4/c1-13(12(18)19)6-20-5-10(13)16-11(17)7-2-3-9(15)8(14)4-7/h2-4,10H,5-6,15H2,1H3,(H,16,17)(H,18,19). The Bertz CT molecular complexity index is 563. The fourth-order valence-corrected chi connectivity index (χ4v) is 2.37. The summed E-state index contributed by atoms with van der Waals surface area (Å²) in [6.07, 6.45) is 0. The number of halogens is 1. The number of carboxylic acids is 1. The van der Waals surface area contributed by atoms with Gasteiger partial charge in [-0.05, 0) is 41.1 Å². The van der Waals surface area contributed by atoms with Crippen molar-refractivity contribution in [3.63, 3.8) is 0 Å². The van der Waals surface area contributed by atoms with E-state index < -0.39 is 17.4 Å². The third kappa shape index (κ3) is 2.64. The van der Waals surface area contributed by atoms with E-state index in [2.05, 4.69) is 21.2 Å². The smallest absolute Gasteiger partial charge is 0.313 e. The molecule has 6 nitrogen and oxygen atoms in total. The van der Waals surface area contributed by atoms with E-state index >= 15 is 0 Å². The number of hydrogen-bond acceptors (Lipinski definition) is 4. The summed E-state index contributed by atoms with van der Waals surface area (Å²) in [5.74, 6) is -1.34. The summed E-state index contributed by atoms with van der Waals surface area (Å²) >= 11 is 3.25. The molecule has 4 N–H and O–H groups in total. The van der Waals surface area contributed by atoms with Gasteiger partial charge in [0.25, 0.3) is 5.91 Å². The summed E-state index contributed by atoms with van der Waals surface area (Å²) in [7, 11) is 0. The zero-order chi connectivity index (χ0) is 14.9. The number of hydrogen-bond donors (Lipinski definition) is 3. The van der Waals surface area contributed by atoms with Crippen LogP contribution in [0.3, 0.4) is 0 Å². The van der Waals surface area contributed by atoms with Gasteiger partial charge in [0, 0.05) is 15.7 Å². The fourth-order valence-electron chi connectivity index (χ4n) is 2.00. The number of amides is 1. The number of nitrogens with one attached hydrogen (secondary N) is 1. The number of carboxylic acid groups (broad SMARTS) is 1. The Morgan fingerprint density at radius 2 is 2.25 bits per heavy atom. The predicted molar refractivity (Wildman–Crippen MR) is 76.4 cm³/mol. The molecule has 0 bridgehead atoms. The molecule has 1 aliphatic rings. The number of nitrogens with two attached hydrogens (primary N) is 1. The van der Waals surface area contributed by atoms with E-state index in [-0.39, 0.29) is 19.1 Å². The molecule has 2 atom stereocenters. The van der Waals surface area contributed by atoms with Gasteiger partial charge in [-0.25, -0.2) is 0 Å². The molecule has 108 valence electrons. The maximum Gasteiger partial charge on any atom is 0.313 e. The van der Waals surface area contributed by atoms with Gasteiger partial charge < -0.3 is 20.9 Å². The van der Waals surface area contributed by atoms with E-state index in [1.54, 1.807) is 25.1 Å². The molecule has 0 saturated carbocycles. The van der Waals surface area contributed by atoms with Gasteiger partial charge in [-0.15, -0.1) is 0 Å². The number of nitrogen functional groups attached to an aromatic ring is 1. The molecule has 20 heavy (non-hydrogen) atoms. The van der Waals surface area contributed by atoms with E-state index in [1.165, 1.54) is 0 Å². The molecule has 7 heteroatoms. The van der Waals surface area contributed by atoms with E-state index in [0.717, 1.165) is 0 Å². The lowest BCUT2D eigenvalue weighted by Gasteiger charge is -2.25. The summed E-state index contributed by atoms with van der Waals surface area (Å²) in [6, 6.07) is 4.23. The monoisotopic (exact) mass is 342 g/mol. The quantitative estimate of drug-likeness (QED) is 0.717. The van der Waals surface area contributed by atoms with Crippen LogP contribution in [0.2, 0.25) is 0 Å². The zero-order valence-corrected chi connectivity index (χ0v) is 12.4. The molecule has 0 radical (unpaired) electrons. The summed E-state index contributed by atoms with van der Waals surface area (Å²) in [6.45, 7) is 1.83. The van der Waals surface area contributed by atoms with Crippen LogP contribution in [-0.2, 0) is 9.53 Å². The molecular weight excluding hydrogens is 328 g/mol. The Morgan fingerprint density at radius 1 is 1.55 bits per heavy atom. The van der Waals surface area contributed by atoms with Crippen LogP contribution >= 0.6 is 15.9 Å². The van der Waals surface area contributed by atoms with Crippen molar-refractivity contribution in [3.8, 4) is 0 Å². The minimum absolute atomic E-state index is 0.0821. The molecule has 2 unspecified atom stereocenters. The first-order valence-corrected chi connectivity index (χ1v) is 6.81. The Kier molecular flexibility index (Phi) is 4.01. The highest BCUT2D eigenvalue weighted by molar-refractivity contribution is 9.10. The summed E-state index contributed by atoms with van der Waals surface area (Å²) < 4.78 is 5.81. The van der Waals surface area contributed by atoms with Gasteiger partial charge in [-0.1, -0.05) is 0 Å². The molecule has 0 spiro atoms. The number of rotatable bonds is 3. The van der Waals surface area contributed by atoms with Gasteiger partial charge in [0.05, 0.1) is 19.3 Å². The van der Waals surface area contributed by atoms with Crippen LogP contribution in [0.1, 0.15) is 17.3 Å². The number of benzene rings is 1. The largest absolute Gasteiger partial charge is 0.481 e. The highest BCUT2D eigenvalue weighted by Crippen LogP contribution is 2.29. The van der Waals surface area contributed by atoms with Crippen LogP contribution in [0, 0.1) is 5.41 Å². The molecule has 1 aliphatic heterocycles. The Labute approximate surface area is 124 Å². The third-order valence-electron chi connectivity index (χ3n) is 3.51. The van der Waals surface area contributed by atoms with Crippen LogP contribution < -0.4 is 11.1 Å². The molecule has 1 amide bonds. The molecule has 1 aromatic rings. The Hall–Kier alpha value is -1.60. The van der Waals surface area contributed by atoms with Gasteiger partial charge in [0.1, 0.15) is 5.41 Å². The van der Waals surface area contributed by atoms with Crippen molar-refractivity contribution in [2.24, 2.45) is 5.41 Å². The van der Waals surface area contributed by atoms with Gasteiger partial charge in [-0.2, -0.15) is 0 Å². The predicted octanol–water partition coefficient (Wildman–Crippen LogP) is 1.25. The second-order valence-electron chi connectivity index (χ2n) is 5.00. The van der Waals surface area contributed by atoms with Crippen molar-refractivity contribution in [1.29, 1.82) is 0 Å². The van der Waals surface area contributed by atoms with Crippen LogP contribution in [0.5, 0.6) is 0 Å². The fraction of sp³-hybridized carbons (Fsp3) is 0.385. The number of carbonyl (C=O) groups is 2. The first-order chi connectivity index (χ1) is 9.34. The Balaban J connectivity index is 2.15. The lowest BCUT2D eigenvalue weighted by molar-refractivity contribution is -0.148. The SMILES string of the molecule is CC1(C(=O)O)COCC1NC(=O)c1ccc(N)c(Br)c1. The van der Waals surface area contributed by atoms with Crippen molar-refractivity contribution >= 4 is 33.5 Å². The number of anilines is 1. The maximum atomic E-state index is 12.2. The van der Waals surface area contributed by atoms with Crippen molar-refractivity contribution in [2.75, 3.05) is 18.9 Å². The highest BCUT2D eigenvalue weighted by Gasteiger charge is 2.47. The van der Waals surface area contributed by atoms with Gasteiger partial charge in [0.15, 0.2) is 0 Å². The molecule has 0 aliphatic carbocycles. The summed E-state index contributed by atoms with van der Waals surface area (Å²) in [4.78, 5) is 23.4. The van der Waals surface area contributed by atoms with Gasteiger partial charge >= 0.3 is 5.97 Å². The summed E-state index contributed by atoms with van der Waals surface area (Å²) in [5, 5.41) is 12.0. The number of aliphatic carboxylic acids is 1. The lowest BCUT2D eigenvalue weighted by atomic mass is 9.85. The number of ether oxygens (including phenoxy) is 1. The third-order valence-corrected chi connectivity index (χ3v) is 4.20. The van der Waals surface area contributed by atoms with Gasteiger partial charge in [0.2, 0.25) is 0 Å². The van der Waals surface area contributed by atoms with Crippen LogP contribution in [-0.4, -0.2) is 36.2 Å². The molecule has 0 aromatic heterocycles. The topological polar surface area (TPSA) is 102 Å². The van der Waals surface area contributed by atoms with Gasteiger partial charge in [-0.3, -0.25) is 9.59 Å². The van der Waals surface area contributed by atoms with Crippen LogP contribution in [0.4, 0.5) is 5.69 Å². The van der Waals surface area contributed by atoms with E-state index in [0.29, 0.717) is 15.7 Å². The van der Waals surface area contributed by atoms with Crippen molar-refractivity contribution in [3.05, 3.63) is 28.2 Å². The van der Waals surface area contributed by atoms with Crippen molar-refractivity contribution < 1.29 is 19.4 Å². The first kappa shape index (κ1) is 14.8. The average Bonchev–Trinajstić information content (AvgIpc) is 2.75. The number of carbonyl (C=O) groups excluding carboxylic acids is 1. The minimum atomic E-state index is -1.11. The van der Waals surface area contributed by atoms with E-state index in [9.17, 15) is 14.7 Å². The maximum absolute atomic E-state index is 12.2. The summed E-state index contributed by atoms with van der Waals surface area (Å²) in [5.41, 5.74) is 5.49. The molecule has 2 rings (SSSR count). The second-order valence-corrected chi connectivity index (χ2v) is 5.85. The van der Waals surface area contributed by atoms with E-state index in [4.69, 9.17) is 10.5 Å². The molecule has 1 fully saturated rings. The molecule has 1 heterocycles. The minimum Gasteiger partial charge on any atom is -0.481 e.